The van der Waals surface area contributed by atoms with Crippen molar-refractivity contribution in [3.63, 3.8) is 0 Å². The summed E-state index contributed by atoms with van der Waals surface area (Å²) in [6.07, 6.45) is -0.258. The fourth-order valence-electron chi connectivity index (χ4n) is 3.02. The van der Waals surface area contributed by atoms with Crippen molar-refractivity contribution >= 4 is 17.9 Å². The molecule has 0 saturated carbocycles. The molecule has 1 aromatic carbocycles. The Morgan fingerprint density at radius 3 is 2.79 bits per heavy atom. The second-order valence-corrected chi connectivity index (χ2v) is 5.89. The van der Waals surface area contributed by atoms with Crippen molar-refractivity contribution in [3.8, 4) is 0 Å². The molecule has 2 fully saturated rings. The number of ether oxygens (including phenoxy) is 1. The van der Waals surface area contributed by atoms with Crippen LogP contribution in [0.3, 0.4) is 0 Å². The topological polar surface area (TPSA) is 108 Å². The van der Waals surface area contributed by atoms with Crippen LogP contribution in [0.4, 0.5) is 4.79 Å². The van der Waals surface area contributed by atoms with Gasteiger partial charge in [0.25, 0.3) is 0 Å². The zero-order chi connectivity index (χ0) is 17.1. The van der Waals surface area contributed by atoms with Gasteiger partial charge in [-0.05, 0) is 12.0 Å². The molecule has 0 aliphatic carbocycles. The van der Waals surface area contributed by atoms with E-state index < -0.39 is 24.8 Å². The number of benzene rings is 1. The summed E-state index contributed by atoms with van der Waals surface area (Å²) in [5.74, 6) is -0.639. The standard InChI is InChI=1S/C16H19N3O5/c20-8-12-15(22)19-7-11(6-13(19)14(21)18-12)17-16(23)24-9-10-4-2-1-3-5-10/h1-5,11-13,20H,6-9H2,(H,17,23)(H,18,21)/t11-,12-,13-/m0/s1. The van der Waals surface area contributed by atoms with Gasteiger partial charge < -0.3 is 25.4 Å². The molecule has 0 aromatic heterocycles. The Kier molecular flexibility index (Phi) is 4.66. The van der Waals surface area contributed by atoms with Crippen LogP contribution in [0.25, 0.3) is 0 Å². The molecule has 2 heterocycles. The molecule has 3 rings (SSSR count). The zero-order valence-corrected chi connectivity index (χ0v) is 13.0. The van der Waals surface area contributed by atoms with Gasteiger partial charge in [0.2, 0.25) is 11.8 Å². The third-order valence-corrected chi connectivity index (χ3v) is 4.22. The van der Waals surface area contributed by atoms with Crippen molar-refractivity contribution in [2.45, 2.75) is 31.2 Å². The van der Waals surface area contributed by atoms with E-state index in [4.69, 9.17) is 9.84 Å². The normalized spacial score (nSPS) is 25.9. The molecule has 2 saturated heterocycles. The van der Waals surface area contributed by atoms with Crippen molar-refractivity contribution in [3.05, 3.63) is 35.9 Å². The third kappa shape index (κ3) is 3.33. The van der Waals surface area contributed by atoms with Gasteiger partial charge in [-0.25, -0.2) is 4.79 Å². The molecular formula is C16H19N3O5. The molecule has 0 bridgehead atoms. The second-order valence-electron chi connectivity index (χ2n) is 5.89. The highest BCUT2D eigenvalue weighted by Crippen LogP contribution is 2.22. The van der Waals surface area contributed by atoms with Crippen LogP contribution in [-0.2, 0) is 20.9 Å². The van der Waals surface area contributed by atoms with E-state index in [1.165, 1.54) is 4.90 Å². The number of aliphatic hydroxyl groups excluding tert-OH is 1. The minimum absolute atomic E-state index is 0.151. The first-order chi connectivity index (χ1) is 11.6. The number of alkyl carbamates (subject to hydrolysis) is 1. The maximum atomic E-state index is 12.1. The van der Waals surface area contributed by atoms with E-state index in [1.54, 1.807) is 0 Å². The number of fused-ring (bicyclic) bond motifs is 1. The number of nitrogens with one attached hydrogen (secondary N) is 2. The average molecular weight is 333 g/mol. The first-order valence-corrected chi connectivity index (χ1v) is 7.77. The highest BCUT2D eigenvalue weighted by atomic mass is 16.5. The summed E-state index contributed by atoms with van der Waals surface area (Å²) in [5, 5.41) is 14.3. The van der Waals surface area contributed by atoms with E-state index in [0.29, 0.717) is 6.42 Å². The molecule has 3 amide bonds. The van der Waals surface area contributed by atoms with E-state index in [9.17, 15) is 14.4 Å². The van der Waals surface area contributed by atoms with Gasteiger partial charge >= 0.3 is 6.09 Å². The van der Waals surface area contributed by atoms with Crippen molar-refractivity contribution in [1.29, 1.82) is 0 Å². The monoisotopic (exact) mass is 333 g/mol. The first-order valence-electron chi connectivity index (χ1n) is 7.77. The van der Waals surface area contributed by atoms with Crippen LogP contribution in [0.15, 0.2) is 30.3 Å². The van der Waals surface area contributed by atoms with Crippen LogP contribution in [0.5, 0.6) is 0 Å². The Labute approximate surface area is 138 Å². The van der Waals surface area contributed by atoms with Gasteiger partial charge in [0.1, 0.15) is 18.7 Å². The lowest BCUT2D eigenvalue weighted by molar-refractivity contribution is -0.148. The van der Waals surface area contributed by atoms with Crippen molar-refractivity contribution < 1.29 is 24.2 Å². The molecule has 3 atom stereocenters. The molecule has 8 nitrogen and oxygen atoms in total. The summed E-state index contributed by atoms with van der Waals surface area (Å²) in [4.78, 5) is 37.4. The van der Waals surface area contributed by atoms with Gasteiger partial charge in [-0.3, -0.25) is 9.59 Å². The molecule has 8 heteroatoms. The van der Waals surface area contributed by atoms with E-state index in [-0.39, 0.29) is 31.0 Å². The van der Waals surface area contributed by atoms with Gasteiger partial charge in [0.15, 0.2) is 0 Å². The number of amides is 3. The molecule has 2 aliphatic rings. The van der Waals surface area contributed by atoms with E-state index in [1.807, 2.05) is 30.3 Å². The Morgan fingerprint density at radius 2 is 2.08 bits per heavy atom. The Balaban J connectivity index is 1.53. The maximum absolute atomic E-state index is 12.1. The highest BCUT2D eigenvalue weighted by molar-refractivity contribution is 5.97. The molecule has 0 radical (unpaired) electrons. The largest absolute Gasteiger partial charge is 0.445 e. The Bertz CT molecular complexity index is 636. The summed E-state index contributed by atoms with van der Waals surface area (Å²) in [6, 6.07) is 7.41. The lowest BCUT2D eigenvalue weighted by Gasteiger charge is -2.33. The summed E-state index contributed by atoms with van der Waals surface area (Å²) >= 11 is 0. The van der Waals surface area contributed by atoms with Crippen molar-refractivity contribution in [2.24, 2.45) is 0 Å². The van der Waals surface area contributed by atoms with Crippen LogP contribution in [0.2, 0.25) is 0 Å². The lowest BCUT2D eigenvalue weighted by Crippen LogP contribution is -2.62. The van der Waals surface area contributed by atoms with E-state index in [2.05, 4.69) is 10.6 Å². The SMILES string of the molecule is O=C(N[C@H]1C[C@H]2C(=O)N[C@@H](CO)C(=O)N2C1)OCc1ccccc1. The van der Waals surface area contributed by atoms with Crippen molar-refractivity contribution in [2.75, 3.05) is 13.2 Å². The first kappa shape index (κ1) is 16.3. The number of hydrogen-bond donors (Lipinski definition) is 3. The number of hydrogen-bond acceptors (Lipinski definition) is 5. The predicted molar refractivity (Wildman–Crippen MR) is 82.7 cm³/mol. The van der Waals surface area contributed by atoms with Gasteiger partial charge in [0.05, 0.1) is 12.6 Å². The number of piperazine rings is 1. The fraction of sp³-hybridized carbons (Fsp3) is 0.438. The van der Waals surface area contributed by atoms with Crippen LogP contribution >= 0.6 is 0 Å². The average Bonchev–Trinajstić information content (AvgIpc) is 3.02. The molecule has 0 spiro atoms. The van der Waals surface area contributed by atoms with E-state index >= 15 is 0 Å². The molecule has 2 aliphatic heterocycles. The fourth-order valence-corrected chi connectivity index (χ4v) is 3.02. The maximum Gasteiger partial charge on any atom is 0.407 e. The summed E-state index contributed by atoms with van der Waals surface area (Å²) in [7, 11) is 0. The predicted octanol–water partition coefficient (Wildman–Crippen LogP) is -0.627. The van der Waals surface area contributed by atoms with Gasteiger partial charge in [-0.1, -0.05) is 30.3 Å². The highest BCUT2D eigenvalue weighted by Gasteiger charge is 2.46. The summed E-state index contributed by atoms with van der Waals surface area (Å²) < 4.78 is 5.15. The summed E-state index contributed by atoms with van der Waals surface area (Å²) in [6.45, 7) is -0.0581. The number of rotatable bonds is 4. The van der Waals surface area contributed by atoms with Crippen LogP contribution in [-0.4, -0.2) is 59.2 Å². The second kappa shape index (κ2) is 6.88. The number of carbonyl (C=O) groups excluding carboxylic acids is 3. The van der Waals surface area contributed by atoms with E-state index in [0.717, 1.165) is 5.56 Å². The quantitative estimate of drug-likeness (QED) is 0.680. The van der Waals surface area contributed by atoms with Gasteiger partial charge in [0, 0.05) is 6.54 Å². The minimum Gasteiger partial charge on any atom is -0.445 e. The molecule has 128 valence electrons. The van der Waals surface area contributed by atoms with Crippen LogP contribution in [0, 0.1) is 0 Å². The van der Waals surface area contributed by atoms with Gasteiger partial charge in [-0.2, -0.15) is 0 Å². The lowest BCUT2D eigenvalue weighted by atomic mass is 10.1. The molecule has 3 N–H and O–H groups in total. The molecular weight excluding hydrogens is 314 g/mol. The van der Waals surface area contributed by atoms with Crippen LogP contribution < -0.4 is 10.6 Å². The van der Waals surface area contributed by atoms with Crippen molar-refractivity contribution in [1.82, 2.24) is 15.5 Å². The zero-order valence-electron chi connectivity index (χ0n) is 13.0. The molecule has 0 unspecified atom stereocenters. The third-order valence-electron chi connectivity index (χ3n) is 4.22. The Morgan fingerprint density at radius 1 is 1.33 bits per heavy atom. The molecule has 1 aromatic rings. The molecule has 24 heavy (non-hydrogen) atoms. The number of aliphatic hydroxyl groups is 1. The minimum atomic E-state index is -0.905. The van der Waals surface area contributed by atoms with Crippen LogP contribution in [0.1, 0.15) is 12.0 Å². The smallest absolute Gasteiger partial charge is 0.407 e. The number of carbonyl (C=O) groups is 3. The Hall–Kier alpha value is -2.61. The van der Waals surface area contributed by atoms with Gasteiger partial charge in [-0.15, -0.1) is 0 Å². The number of nitrogens with zero attached hydrogens (tertiary/aromatic N) is 1. The summed E-state index contributed by atoms with van der Waals surface area (Å²) in [5.41, 5.74) is 0.872.